The monoisotopic (exact) mass is 313 g/mol. The number of rotatable bonds is 7. The minimum atomic E-state index is 0.345. The Hall–Kier alpha value is -1.65. The summed E-state index contributed by atoms with van der Waals surface area (Å²) in [5.41, 5.74) is 6.49. The highest BCUT2D eigenvalue weighted by atomic mass is 16.5. The first-order chi connectivity index (χ1) is 11.1. The molecule has 4 nitrogen and oxygen atoms in total. The lowest BCUT2D eigenvalue weighted by molar-refractivity contribution is 0.0177. The van der Waals surface area contributed by atoms with Crippen LogP contribution in [0, 0.1) is 19.3 Å². The van der Waals surface area contributed by atoms with E-state index in [0.29, 0.717) is 5.41 Å². The van der Waals surface area contributed by atoms with Gasteiger partial charge in [0.25, 0.3) is 0 Å². The summed E-state index contributed by atoms with van der Waals surface area (Å²) < 4.78 is 5.40. The molecule has 1 heterocycles. The standard InChI is InChI=1S/C19H27N3O/c1-14-5-6-15(2)17(9-14)18-16(11-21-22-18)10-20-12-19(13-23-3)7-4-8-19/h5-6,9,11,20H,4,7-8,10,12-13H2,1-3H3,(H,21,22). The van der Waals surface area contributed by atoms with E-state index in [0.717, 1.165) is 25.4 Å². The van der Waals surface area contributed by atoms with Crippen molar-refractivity contribution in [3.05, 3.63) is 41.1 Å². The van der Waals surface area contributed by atoms with E-state index in [4.69, 9.17) is 4.74 Å². The van der Waals surface area contributed by atoms with Crippen molar-refractivity contribution in [2.24, 2.45) is 5.41 Å². The van der Waals surface area contributed by atoms with E-state index in [1.165, 1.54) is 41.5 Å². The summed E-state index contributed by atoms with van der Waals surface area (Å²) in [6.07, 6.45) is 5.80. The van der Waals surface area contributed by atoms with Crippen molar-refractivity contribution in [3.8, 4) is 11.3 Å². The molecule has 3 rings (SSSR count). The Bertz CT molecular complexity index is 658. The molecule has 124 valence electrons. The van der Waals surface area contributed by atoms with Crippen LogP contribution in [0.5, 0.6) is 0 Å². The first kappa shape index (κ1) is 16.2. The smallest absolute Gasteiger partial charge is 0.0697 e. The summed E-state index contributed by atoms with van der Waals surface area (Å²) in [5, 5.41) is 11.1. The van der Waals surface area contributed by atoms with Gasteiger partial charge in [-0.3, -0.25) is 5.10 Å². The highest BCUT2D eigenvalue weighted by Gasteiger charge is 2.36. The number of methoxy groups -OCH3 is 1. The summed E-state index contributed by atoms with van der Waals surface area (Å²) >= 11 is 0. The van der Waals surface area contributed by atoms with Crippen LogP contribution in [0.2, 0.25) is 0 Å². The van der Waals surface area contributed by atoms with Crippen LogP contribution in [0.25, 0.3) is 11.3 Å². The number of benzene rings is 1. The average molecular weight is 313 g/mol. The normalized spacial score (nSPS) is 16.3. The molecule has 0 saturated heterocycles. The van der Waals surface area contributed by atoms with Crippen LogP contribution in [0.1, 0.15) is 36.0 Å². The molecule has 0 atom stereocenters. The fraction of sp³-hybridized carbons (Fsp3) is 0.526. The van der Waals surface area contributed by atoms with Crippen LogP contribution in [0.4, 0.5) is 0 Å². The molecule has 0 spiro atoms. The number of hydrogen-bond acceptors (Lipinski definition) is 3. The Morgan fingerprint density at radius 3 is 2.83 bits per heavy atom. The predicted octanol–water partition coefficient (Wildman–Crippen LogP) is 3.60. The van der Waals surface area contributed by atoms with Gasteiger partial charge < -0.3 is 10.1 Å². The zero-order chi connectivity index (χ0) is 16.3. The van der Waals surface area contributed by atoms with Crippen molar-refractivity contribution in [1.82, 2.24) is 15.5 Å². The lowest BCUT2D eigenvalue weighted by atomic mass is 9.69. The van der Waals surface area contributed by atoms with E-state index < -0.39 is 0 Å². The van der Waals surface area contributed by atoms with Crippen molar-refractivity contribution in [2.45, 2.75) is 39.7 Å². The van der Waals surface area contributed by atoms with Gasteiger partial charge in [-0.2, -0.15) is 5.10 Å². The number of aromatic nitrogens is 2. The summed E-state index contributed by atoms with van der Waals surface area (Å²) in [6, 6.07) is 6.55. The van der Waals surface area contributed by atoms with Crippen molar-refractivity contribution in [1.29, 1.82) is 0 Å². The Morgan fingerprint density at radius 2 is 2.13 bits per heavy atom. The van der Waals surface area contributed by atoms with Crippen LogP contribution in [0.15, 0.2) is 24.4 Å². The average Bonchev–Trinajstić information content (AvgIpc) is 2.95. The Balaban J connectivity index is 1.68. The molecule has 1 aliphatic rings. The molecule has 0 bridgehead atoms. The molecule has 2 aromatic rings. The van der Waals surface area contributed by atoms with Gasteiger partial charge in [-0.15, -0.1) is 0 Å². The minimum absolute atomic E-state index is 0.345. The van der Waals surface area contributed by atoms with E-state index in [-0.39, 0.29) is 0 Å². The van der Waals surface area contributed by atoms with Crippen LogP contribution in [-0.4, -0.2) is 30.5 Å². The first-order valence-electron chi connectivity index (χ1n) is 8.43. The SMILES string of the molecule is COCC1(CNCc2cn[nH]c2-c2cc(C)ccc2C)CCC1. The van der Waals surface area contributed by atoms with E-state index >= 15 is 0 Å². The van der Waals surface area contributed by atoms with Crippen LogP contribution >= 0.6 is 0 Å². The van der Waals surface area contributed by atoms with Gasteiger partial charge in [0.2, 0.25) is 0 Å². The number of aromatic amines is 1. The Kier molecular flexibility index (Phi) is 4.83. The Morgan fingerprint density at radius 1 is 1.30 bits per heavy atom. The van der Waals surface area contributed by atoms with Gasteiger partial charge in [0, 0.05) is 36.7 Å². The number of ether oxygens (including phenoxy) is 1. The maximum Gasteiger partial charge on any atom is 0.0697 e. The van der Waals surface area contributed by atoms with Crippen molar-refractivity contribution < 1.29 is 4.74 Å². The number of nitrogens with zero attached hydrogens (tertiary/aromatic N) is 1. The number of nitrogens with one attached hydrogen (secondary N) is 2. The molecule has 0 radical (unpaired) electrons. The fourth-order valence-corrected chi connectivity index (χ4v) is 3.50. The molecule has 4 heteroatoms. The molecule has 1 aromatic carbocycles. The van der Waals surface area contributed by atoms with Crippen LogP contribution in [-0.2, 0) is 11.3 Å². The number of aryl methyl sites for hydroxylation is 2. The van der Waals surface area contributed by atoms with E-state index in [9.17, 15) is 0 Å². The van der Waals surface area contributed by atoms with Gasteiger partial charge in [0.05, 0.1) is 18.5 Å². The lowest BCUT2D eigenvalue weighted by Crippen LogP contribution is -2.43. The second kappa shape index (κ2) is 6.85. The van der Waals surface area contributed by atoms with Crippen LogP contribution in [0.3, 0.4) is 0 Å². The van der Waals surface area contributed by atoms with Gasteiger partial charge in [-0.25, -0.2) is 0 Å². The summed E-state index contributed by atoms with van der Waals surface area (Å²) in [4.78, 5) is 0. The second-order valence-electron chi connectivity index (χ2n) is 6.98. The molecule has 0 unspecified atom stereocenters. The molecule has 1 fully saturated rings. The van der Waals surface area contributed by atoms with Crippen LogP contribution < -0.4 is 5.32 Å². The summed E-state index contributed by atoms with van der Waals surface area (Å²) in [7, 11) is 1.80. The molecule has 1 aliphatic carbocycles. The maximum absolute atomic E-state index is 5.40. The largest absolute Gasteiger partial charge is 0.384 e. The highest BCUT2D eigenvalue weighted by molar-refractivity contribution is 5.67. The topological polar surface area (TPSA) is 49.9 Å². The molecule has 0 amide bonds. The quantitative estimate of drug-likeness (QED) is 0.821. The fourth-order valence-electron chi connectivity index (χ4n) is 3.50. The van der Waals surface area contributed by atoms with Crippen molar-refractivity contribution in [3.63, 3.8) is 0 Å². The minimum Gasteiger partial charge on any atom is -0.384 e. The van der Waals surface area contributed by atoms with Gasteiger partial charge in [0.1, 0.15) is 0 Å². The molecule has 2 N–H and O–H groups in total. The molecule has 1 aromatic heterocycles. The molecule has 23 heavy (non-hydrogen) atoms. The zero-order valence-electron chi connectivity index (χ0n) is 14.4. The molecule has 0 aliphatic heterocycles. The summed E-state index contributed by atoms with van der Waals surface area (Å²) in [6.45, 7) is 6.98. The van der Waals surface area contributed by atoms with Gasteiger partial charge in [0.15, 0.2) is 0 Å². The molecular formula is C19H27N3O. The molecular weight excluding hydrogens is 286 g/mol. The summed E-state index contributed by atoms with van der Waals surface area (Å²) in [5.74, 6) is 0. The van der Waals surface area contributed by atoms with E-state index in [1.54, 1.807) is 7.11 Å². The van der Waals surface area contributed by atoms with Gasteiger partial charge in [-0.05, 0) is 38.3 Å². The Labute approximate surface area is 138 Å². The second-order valence-corrected chi connectivity index (χ2v) is 6.98. The van der Waals surface area contributed by atoms with Gasteiger partial charge in [-0.1, -0.05) is 24.1 Å². The zero-order valence-corrected chi connectivity index (χ0v) is 14.4. The van der Waals surface area contributed by atoms with E-state index in [2.05, 4.69) is 47.6 Å². The number of hydrogen-bond donors (Lipinski definition) is 2. The van der Waals surface area contributed by atoms with E-state index in [1.807, 2.05) is 6.20 Å². The third-order valence-corrected chi connectivity index (χ3v) is 5.06. The third-order valence-electron chi connectivity index (χ3n) is 5.06. The predicted molar refractivity (Wildman–Crippen MR) is 93.4 cm³/mol. The van der Waals surface area contributed by atoms with Crippen molar-refractivity contribution >= 4 is 0 Å². The third kappa shape index (κ3) is 3.48. The number of H-pyrrole nitrogens is 1. The van der Waals surface area contributed by atoms with Gasteiger partial charge >= 0.3 is 0 Å². The van der Waals surface area contributed by atoms with Crippen molar-refractivity contribution in [2.75, 3.05) is 20.3 Å². The maximum atomic E-state index is 5.40. The first-order valence-corrected chi connectivity index (χ1v) is 8.43. The lowest BCUT2D eigenvalue weighted by Gasteiger charge is -2.41. The highest BCUT2D eigenvalue weighted by Crippen LogP contribution is 2.40. The molecule has 1 saturated carbocycles.